The van der Waals surface area contributed by atoms with Crippen molar-refractivity contribution in [3.05, 3.63) is 92.9 Å². The highest BCUT2D eigenvalue weighted by atomic mass is 35.5. The predicted molar refractivity (Wildman–Crippen MR) is 147 cm³/mol. The molecule has 0 atom stereocenters. The number of aromatic nitrogens is 2. The fourth-order valence-electron chi connectivity index (χ4n) is 4.41. The molecule has 37 heavy (non-hydrogen) atoms. The number of carbonyl (C=O) groups is 1. The van der Waals surface area contributed by atoms with Crippen LogP contribution in [0.3, 0.4) is 0 Å². The van der Waals surface area contributed by atoms with Crippen molar-refractivity contribution < 1.29 is 17.9 Å². The summed E-state index contributed by atoms with van der Waals surface area (Å²) in [4.78, 5) is 17.5. The molecule has 1 amide bonds. The van der Waals surface area contributed by atoms with Crippen LogP contribution in [0, 0.1) is 13.8 Å². The summed E-state index contributed by atoms with van der Waals surface area (Å²) in [6.45, 7) is 4.58. The number of carbonyl (C=O) groups excluding carboxylic acids is 1. The summed E-state index contributed by atoms with van der Waals surface area (Å²) in [6.07, 6.45) is 5.36. The Morgan fingerprint density at radius 3 is 2.62 bits per heavy atom. The van der Waals surface area contributed by atoms with Gasteiger partial charge in [-0.3, -0.25) is 9.78 Å². The average molecular weight is 561 g/mol. The van der Waals surface area contributed by atoms with Gasteiger partial charge in [0, 0.05) is 29.3 Å². The molecule has 10 heteroatoms. The highest BCUT2D eigenvalue weighted by Gasteiger charge is 2.25. The second-order valence-corrected chi connectivity index (χ2v) is 11.5. The molecule has 7 nitrogen and oxygen atoms in total. The molecule has 0 spiro atoms. The first-order valence-corrected chi connectivity index (χ1v) is 14.3. The van der Waals surface area contributed by atoms with E-state index < -0.39 is 15.9 Å². The zero-order valence-electron chi connectivity index (χ0n) is 20.7. The molecule has 0 fully saturated rings. The van der Waals surface area contributed by atoms with Crippen molar-refractivity contribution in [1.82, 2.24) is 14.3 Å². The van der Waals surface area contributed by atoms with Gasteiger partial charge in [-0.2, -0.15) is 0 Å². The van der Waals surface area contributed by atoms with E-state index in [-0.39, 0.29) is 5.69 Å². The maximum absolute atomic E-state index is 13.3. The number of hydrogen-bond donors (Lipinski definition) is 1. The molecule has 0 saturated carbocycles. The van der Waals surface area contributed by atoms with Crippen LogP contribution in [0.15, 0.2) is 54.9 Å². The Bertz CT molecular complexity index is 1570. The molecule has 0 unspecified atom stereocenters. The number of pyridine rings is 1. The van der Waals surface area contributed by atoms with Gasteiger partial charge in [0.05, 0.1) is 23.4 Å². The van der Waals surface area contributed by atoms with Crippen LogP contribution in [0.25, 0.3) is 10.9 Å². The van der Waals surface area contributed by atoms with Crippen molar-refractivity contribution in [2.24, 2.45) is 0 Å². The Morgan fingerprint density at radius 2 is 1.92 bits per heavy atom. The monoisotopic (exact) mass is 559 g/mol. The maximum Gasteiger partial charge on any atom is 0.281 e. The molecule has 194 valence electrons. The summed E-state index contributed by atoms with van der Waals surface area (Å²) in [5.74, 6) is -0.0908. The predicted octanol–water partition coefficient (Wildman–Crippen LogP) is 5.71. The van der Waals surface area contributed by atoms with Gasteiger partial charge >= 0.3 is 0 Å². The van der Waals surface area contributed by atoms with Crippen LogP contribution >= 0.6 is 23.2 Å². The summed E-state index contributed by atoms with van der Waals surface area (Å²) < 4.78 is 33.8. The summed E-state index contributed by atoms with van der Waals surface area (Å²) in [6, 6.07) is 13.0. The summed E-state index contributed by atoms with van der Waals surface area (Å²) in [5.41, 5.74) is 4.54. The summed E-state index contributed by atoms with van der Waals surface area (Å²) in [7, 11) is -3.79. The molecule has 4 aromatic rings. The van der Waals surface area contributed by atoms with Gasteiger partial charge in [-0.15, -0.1) is 0 Å². The van der Waals surface area contributed by atoms with E-state index >= 15 is 0 Å². The number of amides is 1. The Morgan fingerprint density at radius 1 is 1.14 bits per heavy atom. The lowest BCUT2D eigenvalue weighted by molar-refractivity contribution is 0.0972. The number of fused-ring (bicyclic) bond motifs is 1. The van der Waals surface area contributed by atoms with Gasteiger partial charge in [-0.05, 0) is 73.2 Å². The lowest BCUT2D eigenvalue weighted by atomic mass is 10.1. The fourth-order valence-corrected chi connectivity index (χ4v) is 5.17. The van der Waals surface area contributed by atoms with Crippen molar-refractivity contribution in [3.8, 4) is 5.75 Å². The standard InChI is InChI=1S/C27H27Cl2N3O4S/c1-17-12-18(2)25(29)24(13-17)36-11-5-7-22-21-9-8-20(28)14-23(21)32(16-19-6-4-10-30-15-19)26(22)27(33)31-37(3,34)35/h4,6,8-10,12-15H,5,7,11,16H2,1-3H3,(H,31,33). The van der Waals surface area contributed by atoms with E-state index in [1.807, 2.05) is 38.1 Å². The molecule has 2 heterocycles. The number of rotatable bonds is 9. The number of nitrogens with zero attached hydrogens (tertiary/aromatic N) is 2. The van der Waals surface area contributed by atoms with Crippen molar-refractivity contribution in [3.63, 3.8) is 0 Å². The largest absolute Gasteiger partial charge is 0.492 e. The fraction of sp³-hybridized carbons (Fsp3) is 0.259. The first-order chi connectivity index (χ1) is 17.5. The number of hydrogen-bond acceptors (Lipinski definition) is 5. The van der Waals surface area contributed by atoms with Gasteiger partial charge in [-0.25, -0.2) is 13.1 Å². The highest BCUT2D eigenvalue weighted by Crippen LogP contribution is 2.32. The molecule has 0 radical (unpaired) electrons. The summed E-state index contributed by atoms with van der Waals surface area (Å²) in [5, 5.41) is 1.89. The van der Waals surface area contributed by atoms with E-state index in [1.165, 1.54) is 0 Å². The van der Waals surface area contributed by atoms with Crippen LogP contribution in [-0.4, -0.2) is 36.7 Å². The number of ether oxygens (including phenoxy) is 1. The lowest BCUT2D eigenvalue weighted by Gasteiger charge is -2.13. The van der Waals surface area contributed by atoms with Crippen molar-refractivity contribution >= 4 is 50.0 Å². The number of aryl methyl sites for hydroxylation is 3. The molecule has 4 rings (SSSR count). The third-order valence-electron chi connectivity index (χ3n) is 5.88. The Labute approximate surface area is 226 Å². The Balaban J connectivity index is 1.71. The van der Waals surface area contributed by atoms with E-state index in [0.29, 0.717) is 47.4 Å². The first kappa shape index (κ1) is 27.0. The van der Waals surface area contributed by atoms with Crippen molar-refractivity contribution in [1.29, 1.82) is 0 Å². The van der Waals surface area contributed by atoms with E-state index in [9.17, 15) is 13.2 Å². The molecule has 2 aromatic heterocycles. The SMILES string of the molecule is Cc1cc(C)c(Cl)c(OCCCc2c(C(=O)NS(C)(=O)=O)n(Cc3cccnc3)c3cc(Cl)ccc23)c1. The van der Waals surface area contributed by atoms with Crippen molar-refractivity contribution in [2.45, 2.75) is 33.2 Å². The smallest absolute Gasteiger partial charge is 0.281 e. The van der Waals surface area contributed by atoms with E-state index in [4.69, 9.17) is 27.9 Å². The minimum atomic E-state index is -3.79. The molecule has 0 bridgehead atoms. The zero-order chi connectivity index (χ0) is 26.7. The van der Waals surface area contributed by atoms with E-state index in [0.717, 1.165) is 33.8 Å². The summed E-state index contributed by atoms with van der Waals surface area (Å²) >= 11 is 12.7. The van der Waals surface area contributed by atoms with Gasteiger partial charge in [0.1, 0.15) is 11.4 Å². The number of nitrogens with one attached hydrogen (secondary N) is 1. The molecule has 0 aliphatic rings. The molecular formula is C27H27Cl2N3O4S. The number of sulfonamides is 1. The third kappa shape index (κ3) is 6.44. The van der Waals surface area contributed by atoms with Crippen LogP contribution < -0.4 is 9.46 Å². The van der Waals surface area contributed by atoms with Crippen LogP contribution in [-0.2, 0) is 23.0 Å². The highest BCUT2D eigenvalue weighted by molar-refractivity contribution is 7.89. The van der Waals surface area contributed by atoms with Gasteiger partial charge in [0.2, 0.25) is 10.0 Å². The molecule has 0 saturated heterocycles. The number of halogens is 2. The second-order valence-electron chi connectivity index (χ2n) is 8.99. The van der Waals surface area contributed by atoms with Gasteiger partial charge in [-0.1, -0.05) is 41.4 Å². The Kier molecular flexibility index (Phi) is 8.11. The minimum Gasteiger partial charge on any atom is -0.492 e. The molecule has 0 aliphatic carbocycles. The van der Waals surface area contributed by atoms with Gasteiger partial charge in [0.25, 0.3) is 5.91 Å². The van der Waals surface area contributed by atoms with Gasteiger partial charge in [0.15, 0.2) is 0 Å². The van der Waals surface area contributed by atoms with Gasteiger partial charge < -0.3 is 9.30 Å². The van der Waals surface area contributed by atoms with Crippen LogP contribution in [0.5, 0.6) is 5.75 Å². The average Bonchev–Trinajstić information content (AvgIpc) is 3.11. The van der Waals surface area contributed by atoms with Crippen LogP contribution in [0.1, 0.15) is 39.2 Å². The first-order valence-electron chi connectivity index (χ1n) is 11.6. The minimum absolute atomic E-state index is 0.260. The lowest BCUT2D eigenvalue weighted by Crippen LogP contribution is -2.32. The quantitative estimate of drug-likeness (QED) is 0.265. The third-order valence-corrected chi connectivity index (χ3v) is 7.16. The normalized spacial score (nSPS) is 11.6. The second kappa shape index (κ2) is 11.1. The molecule has 2 aromatic carbocycles. The molecule has 1 N–H and O–H groups in total. The Hall–Kier alpha value is -3.07. The molecule has 0 aliphatic heterocycles. The molecular weight excluding hydrogens is 533 g/mol. The maximum atomic E-state index is 13.3. The zero-order valence-corrected chi connectivity index (χ0v) is 23.0. The van der Waals surface area contributed by atoms with Crippen LogP contribution in [0.4, 0.5) is 0 Å². The topological polar surface area (TPSA) is 90.3 Å². The van der Waals surface area contributed by atoms with E-state index in [2.05, 4.69) is 9.71 Å². The van der Waals surface area contributed by atoms with Crippen molar-refractivity contribution in [2.75, 3.05) is 12.9 Å². The van der Waals surface area contributed by atoms with Crippen LogP contribution in [0.2, 0.25) is 10.0 Å². The van der Waals surface area contributed by atoms with E-state index in [1.54, 1.807) is 35.2 Å². The number of benzene rings is 2.